The molecule has 0 aliphatic carbocycles. The van der Waals surface area contributed by atoms with E-state index < -0.39 is 5.91 Å². The molecule has 2 aromatic heterocycles. The van der Waals surface area contributed by atoms with E-state index in [9.17, 15) is 4.79 Å². The molecule has 0 spiro atoms. The number of aryl methyl sites for hydroxylation is 1. The molecule has 1 amide bonds. The van der Waals surface area contributed by atoms with E-state index in [0.29, 0.717) is 12.4 Å². The van der Waals surface area contributed by atoms with E-state index in [1.165, 1.54) is 0 Å². The predicted molar refractivity (Wildman–Crippen MR) is 79.9 cm³/mol. The lowest BCUT2D eigenvalue weighted by molar-refractivity contribution is 0.0917. The van der Waals surface area contributed by atoms with E-state index in [-0.39, 0.29) is 5.89 Å². The van der Waals surface area contributed by atoms with Crippen molar-refractivity contribution in [3.05, 3.63) is 65.8 Å². The Kier molecular flexibility index (Phi) is 3.91. The van der Waals surface area contributed by atoms with Gasteiger partial charge >= 0.3 is 11.8 Å². The molecule has 0 fully saturated rings. The van der Waals surface area contributed by atoms with Gasteiger partial charge in [0.2, 0.25) is 5.89 Å². The summed E-state index contributed by atoms with van der Waals surface area (Å²) < 4.78 is 5.41. The zero-order chi connectivity index (χ0) is 15.4. The van der Waals surface area contributed by atoms with Crippen LogP contribution in [0.25, 0.3) is 11.5 Å². The summed E-state index contributed by atoms with van der Waals surface area (Å²) in [5, 5.41) is 10.4. The van der Waals surface area contributed by atoms with Crippen LogP contribution in [0.1, 0.15) is 21.8 Å². The minimum Gasteiger partial charge on any atom is -0.412 e. The molecule has 2 heterocycles. The van der Waals surface area contributed by atoms with E-state index in [4.69, 9.17) is 4.42 Å². The predicted octanol–water partition coefficient (Wildman–Crippen LogP) is 2.37. The Bertz CT molecular complexity index is 766. The number of benzene rings is 1. The van der Waals surface area contributed by atoms with E-state index in [0.717, 1.165) is 16.7 Å². The van der Waals surface area contributed by atoms with Crippen molar-refractivity contribution < 1.29 is 9.21 Å². The first-order chi connectivity index (χ1) is 10.7. The number of hydrogen-bond acceptors (Lipinski definition) is 5. The van der Waals surface area contributed by atoms with Crippen LogP contribution >= 0.6 is 0 Å². The van der Waals surface area contributed by atoms with Crippen molar-refractivity contribution >= 4 is 5.91 Å². The molecule has 0 aliphatic rings. The van der Waals surface area contributed by atoms with Crippen molar-refractivity contribution in [3.63, 3.8) is 0 Å². The monoisotopic (exact) mass is 294 g/mol. The summed E-state index contributed by atoms with van der Waals surface area (Å²) in [6.07, 6.45) is 3.36. The van der Waals surface area contributed by atoms with Gasteiger partial charge in [0.25, 0.3) is 0 Å². The minimum absolute atomic E-state index is 0.0561. The molecule has 22 heavy (non-hydrogen) atoms. The average molecular weight is 294 g/mol. The number of aromatic nitrogens is 3. The molecular weight excluding hydrogens is 280 g/mol. The SMILES string of the molecule is Cc1ccc(-c2nnc(C(=O)NCc3cccnc3)o2)cc1. The first-order valence-electron chi connectivity index (χ1n) is 6.80. The Morgan fingerprint density at radius 3 is 2.73 bits per heavy atom. The van der Waals surface area contributed by atoms with Crippen LogP contribution < -0.4 is 5.32 Å². The topological polar surface area (TPSA) is 80.9 Å². The average Bonchev–Trinajstić information content (AvgIpc) is 3.04. The first-order valence-corrected chi connectivity index (χ1v) is 6.80. The molecule has 0 bridgehead atoms. The summed E-state index contributed by atoms with van der Waals surface area (Å²) in [5.74, 6) is -0.138. The number of pyridine rings is 1. The number of rotatable bonds is 4. The largest absolute Gasteiger partial charge is 0.412 e. The lowest BCUT2D eigenvalue weighted by atomic mass is 10.1. The van der Waals surface area contributed by atoms with Gasteiger partial charge in [0, 0.05) is 24.5 Å². The van der Waals surface area contributed by atoms with E-state index in [1.807, 2.05) is 43.3 Å². The molecule has 1 aromatic carbocycles. The van der Waals surface area contributed by atoms with Crippen molar-refractivity contribution in [2.24, 2.45) is 0 Å². The highest BCUT2D eigenvalue weighted by Gasteiger charge is 2.15. The molecule has 0 atom stereocenters. The van der Waals surface area contributed by atoms with Crippen LogP contribution in [0.5, 0.6) is 0 Å². The van der Waals surface area contributed by atoms with Crippen molar-refractivity contribution in [2.75, 3.05) is 0 Å². The molecule has 0 saturated heterocycles. The fraction of sp³-hybridized carbons (Fsp3) is 0.125. The van der Waals surface area contributed by atoms with Gasteiger partial charge in [0.1, 0.15) is 0 Å². The maximum Gasteiger partial charge on any atom is 0.309 e. The van der Waals surface area contributed by atoms with Crippen molar-refractivity contribution in [1.29, 1.82) is 0 Å². The minimum atomic E-state index is -0.408. The van der Waals surface area contributed by atoms with Crippen LogP contribution in [-0.2, 0) is 6.54 Å². The third-order valence-electron chi connectivity index (χ3n) is 3.09. The van der Waals surface area contributed by atoms with Crippen LogP contribution in [0, 0.1) is 6.92 Å². The summed E-state index contributed by atoms with van der Waals surface area (Å²) in [5.41, 5.74) is 2.82. The Morgan fingerprint density at radius 1 is 1.18 bits per heavy atom. The highest BCUT2D eigenvalue weighted by Crippen LogP contribution is 2.18. The number of amides is 1. The summed E-state index contributed by atoms with van der Waals surface area (Å²) in [6.45, 7) is 2.35. The molecule has 1 N–H and O–H groups in total. The highest BCUT2D eigenvalue weighted by molar-refractivity contribution is 5.89. The van der Waals surface area contributed by atoms with Gasteiger partial charge in [-0.15, -0.1) is 10.2 Å². The molecule has 110 valence electrons. The van der Waals surface area contributed by atoms with Crippen LogP contribution in [0.4, 0.5) is 0 Å². The third-order valence-corrected chi connectivity index (χ3v) is 3.09. The van der Waals surface area contributed by atoms with Crippen LogP contribution in [-0.4, -0.2) is 21.1 Å². The Morgan fingerprint density at radius 2 is 2.00 bits per heavy atom. The van der Waals surface area contributed by atoms with Crippen molar-refractivity contribution in [3.8, 4) is 11.5 Å². The molecule has 6 nitrogen and oxygen atoms in total. The zero-order valence-corrected chi connectivity index (χ0v) is 12.0. The number of hydrogen-bond donors (Lipinski definition) is 1. The summed E-state index contributed by atoms with van der Waals surface area (Å²) in [7, 11) is 0. The number of nitrogens with zero attached hydrogens (tertiary/aromatic N) is 3. The molecule has 3 rings (SSSR count). The normalized spacial score (nSPS) is 10.4. The van der Waals surface area contributed by atoms with Gasteiger partial charge in [-0.2, -0.15) is 0 Å². The Balaban J connectivity index is 1.68. The second-order valence-corrected chi connectivity index (χ2v) is 4.82. The second kappa shape index (κ2) is 6.17. The quantitative estimate of drug-likeness (QED) is 0.799. The van der Waals surface area contributed by atoms with Crippen molar-refractivity contribution in [1.82, 2.24) is 20.5 Å². The number of nitrogens with one attached hydrogen (secondary N) is 1. The standard InChI is InChI=1S/C16H14N4O2/c1-11-4-6-13(7-5-11)15-19-20-16(22-15)14(21)18-10-12-3-2-8-17-9-12/h2-9H,10H2,1H3,(H,18,21). The first kappa shape index (κ1) is 13.9. The molecule has 0 aliphatic heterocycles. The van der Waals surface area contributed by atoms with E-state index in [2.05, 4.69) is 20.5 Å². The molecule has 6 heteroatoms. The van der Waals surface area contributed by atoms with Crippen LogP contribution in [0.3, 0.4) is 0 Å². The summed E-state index contributed by atoms with van der Waals surface area (Å²) in [4.78, 5) is 16.0. The number of carbonyl (C=O) groups excluding carboxylic acids is 1. The lowest BCUT2D eigenvalue weighted by Gasteiger charge is -2.01. The molecule has 3 aromatic rings. The van der Waals surface area contributed by atoms with Gasteiger partial charge in [-0.3, -0.25) is 9.78 Å². The second-order valence-electron chi connectivity index (χ2n) is 4.82. The zero-order valence-electron chi connectivity index (χ0n) is 12.0. The fourth-order valence-corrected chi connectivity index (χ4v) is 1.89. The molecule has 0 saturated carbocycles. The lowest BCUT2D eigenvalue weighted by Crippen LogP contribution is -2.23. The van der Waals surface area contributed by atoms with Crippen LogP contribution in [0.2, 0.25) is 0 Å². The van der Waals surface area contributed by atoms with Gasteiger partial charge in [0.15, 0.2) is 0 Å². The maximum absolute atomic E-state index is 12.0. The van der Waals surface area contributed by atoms with Gasteiger partial charge < -0.3 is 9.73 Å². The Labute approximate surface area is 127 Å². The summed E-state index contributed by atoms with van der Waals surface area (Å²) in [6, 6.07) is 11.3. The van der Waals surface area contributed by atoms with Gasteiger partial charge in [-0.25, -0.2) is 0 Å². The van der Waals surface area contributed by atoms with Crippen molar-refractivity contribution in [2.45, 2.75) is 13.5 Å². The van der Waals surface area contributed by atoms with Gasteiger partial charge in [-0.1, -0.05) is 23.8 Å². The smallest absolute Gasteiger partial charge is 0.309 e. The fourth-order valence-electron chi connectivity index (χ4n) is 1.89. The Hall–Kier alpha value is -3.02. The van der Waals surface area contributed by atoms with Gasteiger partial charge in [-0.05, 0) is 30.7 Å². The summed E-state index contributed by atoms with van der Waals surface area (Å²) >= 11 is 0. The van der Waals surface area contributed by atoms with E-state index in [1.54, 1.807) is 12.4 Å². The molecule has 0 radical (unpaired) electrons. The molecular formula is C16H14N4O2. The van der Waals surface area contributed by atoms with E-state index >= 15 is 0 Å². The highest BCUT2D eigenvalue weighted by atomic mass is 16.4. The molecule has 0 unspecified atom stereocenters. The van der Waals surface area contributed by atoms with Crippen LogP contribution in [0.15, 0.2) is 53.2 Å². The number of carbonyl (C=O) groups is 1. The maximum atomic E-state index is 12.0. The third kappa shape index (κ3) is 3.17. The van der Waals surface area contributed by atoms with Gasteiger partial charge in [0.05, 0.1) is 0 Å².